The Hall–Kier alpha value is -2.62. The summed E-state index contributed by atoms with van der Waals surface area (Å²) in [4.78, 5) is 11.9. The van der Waals surface area contributed by atoms with E-state index in [0.29, 0.717) is 13.0 Å². The third-order valence-electron chi connectivity index (χ3n) is 3.36. The second-order valence-corrected chi connectivity index (χ2v) is 4.74. The quantitative estimate of drug-likeness (QED) is 0.795. The summed E-state index contributed by atoms with van der Waals surface area (Å²) in [5.41, 5.74) is 1.92. The molecule has 0 radical (unpaired) electrons. The molecule has 0 aliphatic heterocycles. The molecule has 0 aliphatic carbocycles. The van der Waals surface area contributed by atoms with Crippen molar-refractivity contribution in [2.75, 3.05) is 6.54 Å². The van der Waals surface area contributed by atoms with Gasteiger partial charge in [-0.1, -0.05) is 30.3 Å². The zero-order valence-electron chi connectivity index (χ0n) is 11.3. The molecule has 0 saturated carbocycles. The number of carbonyl (C=O) groups is 1. The Morgan fingerprint density at radius 3 is 2.71 bits per heavy atom. The molecule has 3 nitrogen and oxygen atoms in total. The van der Waals surface area contributed by atoms with Gasteiger partial charge in [0.15, 0.2) is 0 Å². The van der Waals surface area contributed by atoms with Gasteiger partial charge in [-0.3, -0.25) is 4.79 Å². The van der Waals surface area contributed by atoms with Gasteiger partial charge >= 0.3 is 0 Å². The number of carbonyl (C=O) groups excluding carboxylic acids is 1. The molecule has 106 valence electrons. The van der Waals surface area contributed by atoms with Crippen LogP contribution >= 0.6 is 0 Å². The largest absolute Gasteiger partial charge is 0.464 e. The molecule has 1 N–H and O–H groups in total. The van der Waals surface area contributed by atoms with Gasteiger partial charge in [0.25, 0.3) is 5.91 Å². The van der Waals surface area contributed by atoms with Crippen molar-refractivity contribution in [2.45, 2.75) is 6.42 Å². The summed E-state index contributed by atoms with van der Waals surface area (Å²) in [6.45, 7) is 0.427. The van der Waals surface area contributed by atoms with E-state index in [1.165, 1.54) is 12.1 Å². The number of hydrogen-bond donors (Lipinski definition) is 1. The van der Waals surface area contributed by atoms with Crippen molar-refractivity contribution in [1.29, 1.82) is 0 Å². The van der Waals surface area contributed by atoms with E-state index >= 15 is 0 Å². The Morgan fingerprint density at radius 2 is 1.86 bits per heavy atom. The summed E-state index contributed by atoms with van der Waals surface area (Å²) >= 11 is 0. The first-order valence-electron chi connectivity index (χ1n) is 6.73. The van der Waals surface area contributed by atoms with Crippen molar-refractivity contribution in [2.24, 2.45) is 0 Å². The maximum atomic E-state index is 13.5. The number of para-hydroxylation sites is 1. The molecule has 3 rings (SSSR count). The van der Waals surface area contributed by atoms with Crippen LogP contribution in [0.4, 0.5) is 4.39 Å². The summed E-state index contributed by atoms with van der Waals surface area (Å²) in [6, 6.07) is 13.7. The van der Waals surface area contributed by atoms with Crippen molar-refractivity contribution in [3.8, 4) is 0 Å². The normalized spacial score (nSPS) is 10.7. The molecule has 1 heterocycles. The number of halogens is 1. The molecule has 1 aromatic heterocycles. The Balaban J connectivity index is 1.64. The van der Waals surface area contributed by atoms with Crippen molar-refractivity contribution in [3.63, 3.8) is 0 Å². The van der Waals surface area contributed by atoms with E-state index in [0.717, 1.165) is 16.5 Å². The first kappa shape index (κ1) is 13.4. The van der Waals surface area contributed by atoms with Gasteiger partial charge in [-0.05, 0) is 30.2 Å². The number of furan rings is 1. The van der Waals surface area contributed by atoms with E-state index in [-0.39, 0.29) is 5.56 Å². The predicted molar refractivity (Wildman–Crippen MR) is 78.7 cm³/mol. The first-order chi connectivity index (χ1) is 10.3. The number of hydrogen-bond acceptors (Lipinski definition) is 2. The van der Waals surface area contributed by atoms with E-state index in [2.05, 4.69) is 5.32 Å². The lowest BCUT2D eigenvalue weighted by molar-refractivity contribution is 0.0950. The average molecular weight is 283 g/mol. The maximum Gasteiger partial charge on any atom is 0.254 e. The van der Waals surface area contributed by atoms with Crippen molar-refractivity contribution in [1.82, 2.24) is 5.32 Å². The van der Waals surface area contributed by atoms with E-state index < -0.39 is 11.7 Å². The Kier molecular flexibility index (Phi) is 3.69. The highest BCUT2D eigenvalue weighted by atomic mass is 19.1. The van der Waals surface area contributed by atoms with Gasteiger partial charge in [0.1, 0.15) is 11.4 Å². The fraction of sp³-hybridized carbons (Fsp3) is 0.118. The zero-order valence-corrected chi connectivity index (χ0v) is 11.3. The van der Waals surface area contributed by atoms with Gasteiger partial charge in [0.2, 0.25) is 0 Å². The lowest BCUT2D eigenvalue weighted by Crippen LogP contribution is -2.26. The molecular formula is C17H14FNO2. The number of rotatable bonds is 4. The maximum absolute atomic E-state index is 13.5. The van der Waals surface area contributed by atoms with Crippen LogP contribution in [0, 0.1) is 5.82 Å². The summed E-state index contributed by atoms with van der Waals surface area (Å²) in [7, 11) is 0. The van der Waals surface area contributed by atoms with Gasteiger partial charge in [0.05, 0.1) is 11.8 Å². The fourth-order valence-corrected chi connectivity index (χ4v) is 2.28. The van der Waals surface area contributed by atoms with Gasteiger partial charge in [-0.2, -0.15) is 0 Å². The van der Waals surface area contributed by atoms with Crippen LogP contribution in [0.1, 0.15) is 15.9 Å². The molecule has 0 atom stereocenters. The van der Waals surface area contributed by atoms with Crippen LogP contribution in [0.15, 0.2) is 59.2 Å². The van der Waals surface area contributed by atoms with Gasteiger partial charge in [-0.25, -0.2) is 4.39 Å². The molecule has 0 aliphatic rings. The third-order valence-corrected chi connectivity index (χ3v) is 3.36. The molecule has 0 unspecified atom stereocenters. The van der Waals surface area contributed by atoms with Crippen molar-refractivity contribution >= 4 is 16.9 Å². The molecule has 4 heteroatoms. The van der Waals surface area contributed by atoms with Crippen LogP contribution < -0.4 is 5.32 Å². The highest BCUT2D eigenvalue weighted by Gasteiger charge is 2.10. The van der Waals surface area contributed by atoms with Crippen LogP contribution in [-0.2, 0) is 6.42 Å². The van der Waals surface area contributed by atoms with E-state index in [1.54, 1.807) is 18.4 Å². The summed E-state index contributed by atoms with van der Waals surface area (Å²) in [6.07, 6.45) is 2.33. The third kappa shape index (κ3) is 2.79. The van der Waals surface area contributed by atoms with Crippen molar-refractivity contribution < 1.29 is 13.6 Å². The number of nitrogens with one attached hydrogen (secondary N) is 1. The highest BCUT2D eigenvalue weighted by molar-refractivity contribution is 5.94. The number of fused-ring (bicyclic) bond motifs is 1. The SMILES string of the molecule is O=C(NCCc1coc2ccccc12)c1ccccc1F. The Labute approximate surface area is 121 Å². The van der Waals surface area contributed by atoms with Gasteiger partial charge in [-0.15, -0.1) is 0 Å². The molecular weight excluding hydrogens is 269 g/mol. The van der Waals surface area contributed by atoms with Gasteiger partial charge < -0.3 is 9.73 Å². The average Bonchev–Trinajstić information content (AvgIpc) is 2.91. The minimum atomic E-state index is -0.510. The molecule has 0 fully saturated rings. The molecule has 0 saturated heterocycles. The van der Waals surface area contributed by atoms with Gasteiger partial charge in [0, 0.05) is 11.9 Å². The highest BCUT2D eigenvalue weighted by Crippen LogP contribution is 2.20. The van der Waals surface area contributed by atoms with Crippen LogP contribution in [0.3, 0.4) is 0 Å². The predicted octanol–water partition coefficient (Wildman–Crippen LogP) is 3.54. The lowest BCUT2D eigenvalue weighted by Gasteiger charge is -2.05. The first-order valence-corrected chi connectivity index (χ1v) is 6.73. The number of amides is 1. The molecule has 0 spiro atoms. The molecule has 0 bridgehead atoms. The fourth-order valence-electron chi connectivity index (χ4n) is 2.28. The molecule has 3 aromatic rings. The topological polar surface area (TPSA) is 42.2 Å². The van der Waals surface area contributed by atoms with E-state index in [1.807, 2.05) is 24.3 Å². The minimum Gasteiger partial charge on any atom is -0.464 e. The Morgan fingerprint density at radius 1 is 1.10 bits per heavy atom. The van der Waals surface area contributed by atoms with Crippen LogP contribution in [-0.4, -0.2) is 12.5 Å². The van der Waals surface area contributed by atoms with E-state index in [9.17, 15) is 9.18 Å². The van der Waals surface area contributed by atoms with Crippen LogP contribution in [0.5, 0.6) is 0 Å². The standard InChI is InChI=1S/C17H14FNO2/c18-15-7-3-1-6-14(15)17(20)19-10-9-12-11-21-16-8-4-2-5-13(12)16/h1-8,11H,9-10H2,(H,19,20). The second kappa shape index (κ2) is 5.79. The van der Waals surface area contributed by atoms with Crippen molar-refractivity contribution in [3.05, 3.63) is 71.7 Å². The van der Waals surface area contributed by atoms with Crippen LogP contribution in [0.25, 0.3) is 11.0 Å². The minimum absolute atomic E-state index is 0.0644. The summed E-state index contributed by atoms with van der Waals surface area (Å²) in [5.74, 6) is -0.912. The molecule has 2 aromatic carbocycles. The summed E-state index contributed by atoms with van der Waals surface area (Å²) < 4.78 is 18.9. The van der Waals surface area contributed by atoms with Crippen LogP contribution in [0.2, 0.25) is 0 Å². The Bertz CT molecular complexity index is 779. The lowest BCUT2D eigenvalue weighted by atomic mass is 10.1. The monoisotopic (exact) mass is 283 g/mol. The summed E-state index contributed by atoms with van der Waals surface area (Å²) in [5, 5.41) is 3.76. The van der Waals surface area contributed by atoms with E-state index in [4.69, 9.17) is 4.42 Å². The number of benzene rings is 2. The molecule has 1 amide bonds. The zero-order chi connectivity index (χ0) is 14.7. The second-order valence-electron chi connectivity index (χ2n) is 4.74. The molecule has 21 heavy (non-hydrogen) atoms. The smallest absolute Gasteiger partial charge is 0.254 e.